The van der Waals surface area contributed by atoms with Gasteiger partial charge >= 0.3 is 0 Å². The molecule has 3 nitrogen and oxygen atoms in total. The van der Waals surface area contributed by atoms with Crippen molar-refractivity contribution in [2.75, 3.05) is 23.7 Å². The normalized spacial score (nSPS) is 31.5. The molecule has 0 bridgehead atoms. The second-order valence-corrected chi connectivity index (χ2v) is 4.21. The van der Waals surface area contributed by atoms with Gasteiger partial charge in [-0.25, -0.2) is 13.8 Å². The molecule has 0 amide bonds. The zero-order valence-electron chi connectivity index (χ0n) is 8.03. The van der Waals surface area contributed by atoms with E-state index in [1.165, 1.54) is 0 Å². The van der Waals surface area contributed by atoms with Crippen LogP contribution in [-0.4, -0.2) is 24.0 Å². The molecule has 0 spiro atoms. The number of anilines is 2. The van der Waals surface area contributed by atoms with Crippen molar-refractivity contribution in [3.63, 3.8) is 0 Å². The molecule has 5 heteroatoms. The van der Waals surface area contributed by atoms with Crippen LogP contribution in [0, 0.1) is 11.8 Å². The summed E-state index contributed by atoms with van der Waals surface area (Å²) in [5, 5.41) is 0. The molecule has 2 atom stereocenters. The topological polar surface area (TPSA) is 42.1 Å². The third-order valence-electron chi connectivity index (χ3n) is 3.28. The largest absolute Gasteiger partial charge is 0.384 e. The zero-order valence-corrected chi connectivity index (χ0v) is 8.03. The van der Waals surface area contributed by atoms with Crippen LogP contribution in [0.2, 0.25) is 0 Å². The van der Waals surface area contributed by atoms with Crippen molar-refractivity contribution in [2.24, 2.45) is 11.8 Å². The van der Waals surface area contributed by atoms with Crippen LogP contribution in [0.5, 0.6) is 0 Å². The van der Waals surface area contributed by atoms with Gasteiger partial charge in [0.05, 0.1) is 11.8 Å². The molecule has 1 aliphatic heterocycles. The number of nitrogens with two attached hydrogens (primary N) is 1. The fourth-order valence-corrected chi connectivity index (χ4v) is 2.31. The maximum absolute atomic E-state index is 12.9. The van der Waals surface area contributed by atoms with Crippen molar-refractivity contribution < 1.29 is 8.78 Å². The van der Waals surface area contributed by atoms with Crippen molar-refractivity contribution in [1.29, 1.82) is 0 Å². The average molecular weight is 211 g/mol. The number of pyridine rings is 1. The number of nitrogens with zero attached hydrogens (tertiary/aromatic N) is 2. The van der Waals surface area contributed by atoms with Gasteiger partial charge in [-0.15, -0.1) is 0 Å². The molecule has 2 aliphatic rings. The van der Waals surface area contributed by atoms with Gasteiger partial charge in [0.2, 0.25) is 0 Å². The van der Waals surface area contributed by atoms with Crippen molar-refractivity contribution in [3.05, 3.63) is 18.2 Å². The first-order chi connectivity index (χ1) is 7.09. The summed E-state index contributed by atoms with van der Waals surface area (Å²) in [5.41, 5.74) is 5.54. The number of hydrogen-bond donors (Lipinski definition) is 1. The molecule has 1 aromatic rings. The molecule has 1 aliphatic carbocycles. The second kappa shape index (κ2) is 2.59. The lowest BCUT2D eigenvalue weighted by molar-refractivity contribution is 0.0797. The molecule has 2 N–H and O–H groups in total. The monoisotopic (exact) mass is 211 g/mol. The molecule has 2 unspecified atom stereocenters. The Morgan fingerprint density at radius 3 is 2.60 bits per heavy atom. The van der Waals surface area contributed by atoms with E-state index >= 15 is 0 Å². The number of rotatable bonds is 1. The van der Waals surface area contributed by atoms with Gasteiger partial charge in [0, 0.05) is 13.1 Å². The Kier molecular flexibility index (Phi) is 1.53. The molecular weight excluding hydrogens is 200 g/mol. The summed E-state index contributed by atoms with van der Waals surface area (Å²) in [6, 6.07) is 5.29. The predicted molar refractivity (Wildman–Crippen MR) is 52.8 cm³/mol. The highest BCUT2D eigenvalue weighted by atomic mass is 19.3. The van der Waals surface area contributed by atoms with Crippen LogP contribution < -0.4 is 10.6 Å². The summed E-state index contributed by atoms with van der Waals surface area (Å²) >= 11 is 0. The van der Waals surface area contributed by atoms with Crippen molar-refractivity contribution in [1.82, 2.24) is 4.98 Å². The molecule has 1 aromatic heterocycles. The fourth-order valence-electron chi connectivity index (χ4n) is 2.31. The fraction of sp³-hybridized carbons (Fsp3) is 0.500. The minimum absolute atomic E-state index is 0.397. The molecule has 2 heterocycles. The zero-order chi connectivity index (χ0) is 10.6. The highest BCUT2D eigenvalue weighted by molar-refractivity contribution is 5.47. The molecule has 3 rings (SSSR count). The smallest absolute Gasteiger partial charge is 0.258 e. The molecule has 0 aromatic carbocycles. The number of hydrogen-bond acceptors (Lipinski definition) is 3. The Balaban J connectivity index is 1.78. The van der Waals surface area contributed by atoms with E-state index in [1.807, 2.05) is 4.90 Å². The summed E-state index contributed by atoms with van der Waals surface area (Å²) < 4.78 is 25.9. The van der Waals surface area contributed by atoms with E-state index < -0.39 is 17.8 Å². The van der Waals surface area contributed by atoms with Gasteiger partial charge in [-0.2, -0.15) is 0 Å². The summed E-state index contributed by atoms with van der Waals surface area (Å²) in [5.74, 6) is -2.24. The summed E-state index contributed by atoms with van der Waals surface area (Å²) in [6.45, 7) is 0.794. The number of piperidine rings is 1. The lowest BCUT2D eigenvalue weighted by Gasteiger charge is -2.20. The van der Waals surface area contributed by atoms with Crippen LogP contribution in [-0.2, 0) is 0 Å². The Morgan fingerprint density at radius 2 is 2.00 bits per heavy atom. The van der Waals surface area contributed by atoms with E-state index in [9.17, 15) is 8.78 Å². The molecule has 0 radical (unpaired) electrons. The Hall–Kier alpha value is -1.39. The van der Waals surface area contributed by atoms with Gasteiger partial charge < -0.3 is 10.6 Å². The summed E-state index contributed by atoms with van der Waals surface area (Å²) in [7, 11) is 0. The van der Waals surface area contributed by atoms with E-state index in [0.29, 0.717) is 24.7 Å². The second-order valence-electron chi connectivity index (χ2n) is 4.21. The number of fused-ring (bicyclic) bond motifs is 1. The van der Waals surface area contributed by atoms with Gasteiger partial charge in [-0.1, -0.05) is 6.07 Å². The van der Waals surface area contributed by atoms with E-state index in [4.69, 9.17) is 5.73 Å². The van der Waals surface area contributed by atoms with Crippen LogP contribution in [0.25, 0.3) is 0 Å². The third-order valence-corrected chi connectivity index (χ3v) is 3.28. The molecule has 1 saturated heterocycles. The van der Waals surface area contributed by atoms with E-state index in [2.05, 4.69) is 4.98 Å². The lowest BCUT2D eigenvalue weighted by Crippen LogP contribution is -2.28. The van der Waals surface area contributed by atoms with Crippen LogP contribution in [0.3, 0.4) is 0 Å². The van der Waals surface area contributed by atoms with Crippen molar-refractivity contribution in [2.45, 2.75) is 5.92 Å². The quantitative estimate of drug-likeness (QED) is 0.762. The van der Waals surface area contributed by atoms with Crippen molar-refractivity contribution in [3.8, 4) is 0 Å². The third kappa shape index (κ3) is 1.19. The van der Waals surface area contributed by atoms with Gasteiger partial charge in [0.15, 0.2) is 0 Å². The minimum Gasteiger partial charge on any atom is -0.384 e. The first kappa shape index (κ1) is 8.88. The van der Waals surface area contributed by atoms with Crippen LogP contribution in [0.1, 0.15) is 0 Å². The van der Waals surface area contributed by atoms with E-state index in [0.717, 1.165) is 0 Å². The van der Waals surface area contributed by atoms with Gasteiger partial charge in [-0.3, -0.25) is 0 Å². The number of halogens is 2. The maximum Gasteiger partial charge on any atom is 0.258 e. The SMILES string of the molecule is Nc1cccc(N2CC3C(C2)C3(F)F)n1. The molecular formula is C10H11F2N3. The highest BCUT2D eigenvalue weighted by Crippen LogP contribution is 2.59. The lowest BCUT2D eigenvalue weighted by atomic mass is 10.3. The number of nitrogen functional groups attached to an aromatic ring is 1. The average Bonchev–Trinajstić information content (AvgIpc) is 2.63. The number of alkyl halides is 2. The first-order valence-electron chi connectivity index (χ1n) is 4.94. The predicted octanol–water partition coefficient (Wildman–Crippen LogP) is 1.37. The van der Waals surface area contributed by atoms with Gasteiger partial charge in [0.1, 0.15) is 11.6 Å². The summed E-state index contributed by atoms with van der Waals surface area (Å²) in [4.78, 5) is 5.99. The van der Waals surface area contributed by atoms with Gasteiger partial charge in [-0.05, 0) is 12.1 Å². The van der Waals surface area contributed by atoms with Gasteiger partial charge in [0.25, 0.3) is 5.92 Å². The van der Waals surface area contributed by atoms with Crippen LogP contribution in [0.15, 0.2) is 18.2 Å². The number of aromatic nitrogens is 1. The maximum atomic E-state index is 12.9. The summed E-state index contributed by atoms with van der Waals surface area (Å²) in [6.07, 6.45) is 0. The van der Waals surface area contributed by atoms with Crippen LogP contribution in [0.4, 0.5) is 20.4 Å². The van der Waals surface area contributed by atoms with E-state index in [1.54, 1.807) is 18.2 Å². The molecule has 1 saturated carbocycles. The Bertz CT molecular complexity index is 393. The van der Waals surface area contributed by atoms with E-state index in [-0.39, 0.29) is 0 Å². The van der Waals surface area contributed by atoms with Crippen LogP contribution >= 0.6 is 0 Å². The minimum atomic E-state index is -2.43. The molecule has 15 heavy (non-hydrogen) atoms. The standard InChI is InChI=1S/C10H11F2N3/c11-10(12)6-4-15(5-7(6)10)9-3-1-2-8(13)14-9/h1-3,6-7H,4-5H2,(H2,13,14). The molecule has 2 fully saturated rings. The Labute approximate surface area is 85.9 Å². The first-order valence-corrected chi connectivity index (χ1v) is 4.94. The highest BCUT2D eigenvalue weighted by Gasteiger charge is 2.71. The van der Waals surface area contributed by atoms with Crippen molar-refractivity contribution >= 4 is 11.6 Å². The molecule has 80 valence electrons. The Morgan fingerprint density at radius 1 is 1.33 bits per heavy atom.